The van der Waals surface area contributed by atoms with Crippen molar-refractivity contribution >= 4 is 22.8 Å². The molecule has 1 N–H and O–H groups in total. The molecule has 0 spiro atoms. The summed E-state index contributed by atoms with van der Waals surface area (Å²) in [7, 11) is 0. The van der Waals surface area contributed by atoms with Crippen LogP contribution in [0.25, 0.3) is 11.0 Å². The average molecular weight is 341 g/mol. The molecular weight excluding hydrogens is 318 g/mol. The van der Waals surface area contributed by atoms with Gasteiger partial charge in [-0.2, -0.15) is 0 Å². The first-order chi connectivity index (χ1) is 11.8. The Bertz CT molecular complexity index is 767. The first-order valence-corrected chi connectivity index (χ1v) is 9.41. The molecule has 3 rings (SSSR count). The Morgan fingerprint density at radius 2 is 2.04 bits per heavy atom. The first-order valence-electron chi connectivity index (χ1n) is 8.42. The lowest BCUT2D eigenvalue weighted by Gasteiger charge is -2.11. The predicted octanol–water partition coefficient (Wildman–Crippen LogP) is 5.13. The number of thioether (sulfide) groups is 1. The molecule has 0 bridgehead atoms. The zero-order valence-electron chi connectivity index (χ0n) is 14.2. The molecular formula is C19H23N3OS. The summed E-state index contributed by atoms with van der Waals surface area (Å²) in [6, 6.07) is 10.0. The van der Waals surface area contributed by atoms with Gasteiger partial charge in [-0.25, -0.2) is 4.98 Å². The highest BCUT2D eigenvalue weighted by molar-refractivity contribution is 7.98. The highest BCUT2D eigenvalue weighted by Gasteiger charge is 2.09. The zero-order valence-corrected chi connectivity index (χ0v) is 15.0. The summed E-state index contributed by atoms with van der Waals surface area (Å²) < 4.78 is 5.91. The van der Waals surface area contributed by atoms with E-state index in [2.05, 4.69) is 28.8 Å². The number of benzene rings is 1. The van der Waals surface area contributed by atoms with Gasteiger partial charge < -0.3 is 9.72 Å². The van der Waals surface area contributed by atoms with E-state index in [0.29, 0.717) is 0 Å². The maximum Gasteiger partial charge on any atom is 0.166 e. The van der Waals surface area contributed by atoms with Crippen LogP contribution in [0.2, 0.25) is 0 Å². The van der Waals surface area contributed by atoms with E-state index in [9.17, 15) is 0 Å². The van der Waals surface area contributed by atoms with Gasteiger partial charge in [-0.3, -0.25) is 4.98 Å². The molecule has 0 atom stereocenters. The van der Waals surface area contributed by atoms with Gasteiger partial charge in [0.25, 0.3) is 0 Å². The highest BCUT2D eigenvalue weighted by Crippen LogP contribution is 2.27. The molecule has 1 aromatic carbocycles. The number of nitrogens with zero attached hydrogens (tertiary/aromatic N) is 2. The summed E-state index contributed by atoms with van der Waals surface area (Å²) in [5.41, 5.74) is 4.24. The van der Waals surface area contributed by atoms with E-state index in [-0.39, 0.29) is 0 Å². The second-order valence-corrected chi connectivity index (χ2v) is 6.75. The van der Waals surface area contributed by atoms with Crippen LogP contribution in [0.15, 0.2) is 41.7 Å². The Morgan fingerprint density at radius 1 is 1.17 bits per heavy atom. The standard InChI is InChI=1S/C19H23N3OS/c1-3-4-7-12-23-18-10-11-20-17(14(18)2)13-24-19-21-15-8-5-6-9-16(15)22-19/h5-6,8-11H,3-4,7,12-13H2,1-2H3,(H,21,22). The lowest BCUT2D eigenvalue weighted by molar-refractivity contribution is 0.303. The van der Waals surface area contributed by atoms with Crippen LogP contribution >= 0.6 is 11.8 Å². The van der Waals surface area contributed by atoms with Gasteiger partial charge in [-0.05, 0) is 31.5 Å². The van der Waals surface area contributed by atoms with Crippen LogP contribution in [0.4, 0.5) is 0 Å². The van der Waals surface area contributed by atoms with E-state index >= 15 is 0 Å². The van der Waals surface area contributed by atoms with Crippen molar-refractivity contribution in [2.45, 2.75) is 44.0 Å². The van der Waals surface area contributed by atoms with Crippen molar-refractivity contribution in [3.05, 3.63) is 47.8 Å². The second-order valence-electron chi connectivity index (χ2n) is 5.78. The summed E-state index contributed by atoms with van der Waals surface area (Å²) >= 11 is 1.67. The summed E-state index contributed by atoms with van der Waals surface area (Å²) in [5, 5.41) is 0.923. The Labute approximate surface area is 147 Å². The van der Waals surface area contributed by atoms with Crippen molar-refractivity contribution in [3.63, 3.8) is 0 Å². The van der Waals surface area contributed by atoms with Gasteiger partial charge in [0.15, 0.2) is 5.16 Å². The van der Waals surface area contributed by atoms with E-state index in [0.717, 1.165) is 52.0 Å². The lowest BCUT2D eigenvalue weighted by Crippen LogP contribution is -2.01. The van der Waals surface area contributed by atoms with Gasteiger partial charge in [0.2, 0.25) is 0 Å². The monoisotopic (exact) mass is 341 g/mol. The number of unbranched alkanes of at least 4 members (excludes halogenated alkanes) is 2. The molecule has 2 heterocycles. The van der Waals surface area contributed by atoms with Crippen LogP contribution in [-0.2, 0) is 5.75 Å². The van der Waals surface area contributed by atoms with Crippen LogP contribution in [0.1, 0.15) is 37.4 Å². The average Bonchev–Trinajstić information content (AvgIpc) is 3.02. The SMILES string of the molecule is CCCCCOc1ccnc(CSc2nc3ccccc3[nH]2)c1C. The number of pyridine rings is 1. The van der Waals surface area contributed by atoms with Crippen molar-refractivity contribution in [2.24, 2.45) is 0 Å². The Kier molecular flexibility index (Phi) is 5.75. The minimum atomic E-state index is 0.773. The highest BCUT2D eigenvalue weighted by atomic mass is 32.2. The fraction of sp³-hybridized carbons (Fsp3) is 0.368. The molecule has 126 valence electrons. The number of imidazole rings is 1. The first kappa shape index (κ1) is 16.8. The van der Waals surface area contributed by atoms with Crippen molar-refractivity contribution in [3.8, 4) is 5.75 Å². The molecule has 0 fully saturated rings. The molecule has 3 aromatic rings. The number of aromatic amines is 1. The number of fused-ring (bicyclic) bond motifs is 1. The van der Waals surface area contributed by atoms with E-state index in [1.54, 1.807) is 11.8 Å². The number of ether oxygens (including phenoxy) is 1. The number of aromatic nitrogens is 3. The van der Waals surface area contributed by atoms with Gasteiger partial charge in [-0.15, -0.1) is 0 Å². The van der Waals surface area contributed by atoms with Crippen LogP contribution in [-0.4, -0.2) is 21.6 Å². The third-order valence-corrected chi connectivity index (χ3v) is 4.86. The van der Waals surface area contributed by atoms with E-state index in [1.165, 1.54) is 12.8 Å². The molecule has 24 heavy (non-hydrogen) atoms. The number of nitrogens with one attached hydrogen (secondary N) is 1. The Hall–Kier alpha value is -2.01. The normalized spacial score (nSPS) is 11.1. The zero-order chi connectivity index (χ0) is 16.8. The minimum Gasteiger partial charge on any atom is -0.493 e. The summed E-state index contributed by atoms with van der Waals surface area (Å²) in [6.45, 7) is 5.05. The molecule has 0 amide bonds. The van der Waals surface area contributed by atoms with Gasteiger partial charge in [0, 0.05) is 17.5 Å². The number of para-hydroxylation sites is 2. The maximum atomic E-state index is 5.91. The Balaban J connectivity index is 1.64. The van der Waals surface area contributed by atoms with Crippen LogP contribution in [0.5, 0.6) is 5.75 Å². The molecule has 0 radical (unpaired) electrons. The Morgan fingerprint density at radius 3 is 2.88 bits per heavy atom. The third-order valence-electron chi connectivity index (χ3n) is 3.98. The molecule has 0 unspecified atom stereocenters. The summed E-state index contributed by atoms with van der Waals surface area (Å²) in [6.07, 6.45) is 5.34. The van der Waals surface area contributed by atoms with Crippen LogP contribution < -0.4 is 4.74 Å². The minimum absolute atomic E-state index is 0.773. The van der Waals surface area contributed by atoms with Crippen molar-refractivity contribution in [1.29, 1.82) is 0 Å². The lowest BCUT2D eigenvalue weighted by atomic mass is 10.2. The third kappa shape index (κ3) is 4.09. The van der Waals surface area contributed by atoms with E-state index in [4.69, 9.17) is 4.74 Å². The van der Waals surface area contributed by atoms with Gasteiger partial charge in [0.1, 0.15) is 5.75 Å². The maximum absolute atomic E-state index is 5.91. The van der Waals surface area contributed by atoms with Gasteiger partial charge in [0.05, 0.1) is 23.3 Å². The summed E-state index contributed by atoms with van der Waals surface area (Å²) in [4.78, 5) is 12.4. The molecule has 0 aliphatic heterocycles. The van der Waals surface area contributed by atoms with Gasteiger partial charge >= 0.3 is 0 Å². The smallest absolute Gasteiger partial charge is 0.166 e. The number of H-pyrrole nitrogens is 1. The fourth-order valence-corrected chi connectivity index (χ4v) is 3.44. The molecule has 0 saturated carbocycles. The summed E-state index contributed by atoms with van der Waals surface area (Å²) in [5.74, 6) is 1.72. The topological polar surface area (TPSA) is 50.8 Å². The van der Waals surface area contributed by atoms with Crippen molar-refractivity contribution < 1.29 is 4.74 Å². The molecule has 2 aromatic heterocycles. The van der Waals surface area contributed by atoms with E-state index in [1.807, 2.05) is 36.5 Å². The quantitative estimate of drug-likeness (QED) is 0.456. The number of rotatable bonds is 8. The second kappa shape index (κ2) is 8.20. The number of hydrogen-bond acceptors (Lipinski definition) is 4. The molecule has 4 nitrogen and oxygen atoms in total. The molecule has 0 saturated heterocycles. The molecule has 0 aliphatic carbocycles. The van der Waals surface area contributed by atoms with Crippen LogP contribution in [0, 0.1) is 6.92 Å². The van der Waals surface area contributed by atoms with Crippen molar-refractivity contribution in [2.75, 3.05) is 6.61 Å². The van der Waals surface area contributed by atoms with Gasteiger partial charge in [-0.1, -0.05) is 43.7 Å². The predicted molar refractivity (Wildman–Crippen MR) is 99.6 cm³/mol. The van der Waals surface area contributed by atoms with Crippen LogP contribution in [0.3, 0.4) is 0 Å². The van der Waals surface area contributed by atoms with Crippen molar-refractivity contribution in [1.82, 2.24) is 15.0 Å². The molecule has 0 aliphatic rings. The largest absolute Gasteiger partial charge is 0.493 e. The number of hydrogen-bond donors (Lipinski definition) is 1. The molecule has 5 heteroatoms. The fourth-order valence-electron chi connectivity index (χ4n) is 2.53. The van der Waals surface area contributed by atoms with E-state index < -0.39 is 0 Å².